The molecule has 8 nitrogen and oxygen atoms in total. The minimum absolute atomic E-state index is 0.0590. The number of aromatic nitrogens is 2. The third-order valence-electron chi connectivity index (χ3n) is 6.74. The van der Waals surface area contributed by atoms with Gasteiger partial charge in [0.1, 0.15) is 30.1 Å². The van der Waals surface area contributed by atoms with E-state index < -0.39 is 18.6 Å². The monoisotopic (exact) mass is 542 g/mol. The number of hydrogen-bond acceptors (Lipinski definition) is 7. The van der Waals surface area contributed by atoms with Gasteiger partial charge in [-0.15, -0.1) is 0 Å². The summed E-state index contributed by atoms with van der Waals surface area (Å²) in [5.41, 5.74) is 8.39. The van der Waals surface area contributed by atoms with Crippen molar-refractivity contribution in [3.63, 3.8) is 0 Å². The van der Waals surface area contributed by atoms with Gasteiger partial charge in [0, 0.05) is 37.4 Å². The number of nitrogens with two attached hydrogens (primary N) is 1. The number of hydrogen-bond donors (Lipinski definition) is 2. The van der Waals surface area contributed by atoms with E-state index in [9.17, 15) is 18.0 Å². The van der Waals surface area contributed by atoms with Crippen molar-refractivity contribution in [2.45, 2.75) is 38.0 Å². The molecular weight excluding hydrogens is 509 g/mol. The maximum Gasteiger partial charge on any atom is 0.406 e. The molecular formula is C28H33F3N6O2. The van der Waals surface area contributed by atoms with Crippen molar-refractivity contribution in [3.05, 3.63) is 77.7 Å². The van der Waals surface area contributed by atoms with E-state index in [-0.39, 0.29) is 12.2 Å². The molecule has 0 unspecified atom stereocenters. The third-order valence-corrected chi connectivity index (χ3v) is 6.74. The zero-order chi connectivity index (χ0) is 27.8. The van der Waals surface area contributed by atoms with Gasteiger partial charge in [-0.2, -0.15) is 13.2 Å². The molecule has 208 valence electrons. The van der Waals surface area contributed by atoms with Crippen molar-refractivity contribution < 1.29 is 22.7 Å². The summed E-state index contributed by atoms with van der Waals surface area (Å²) in [6.45, 7) is 0.625. The maximum atomic E-state index is 13.3. The van der Waals surface area contributed by atoms with Crippen LogP contribution in [0, 0.1) is 0 Å². The fourth-order valence-corrected chi connectivity index (χ4v) is 4.67. The number of benzene rings is 2. The number of halogens is 3. The summed E-state index contributed by atoms with van der Waals surface area (Å²) in [5, 5.41) is 3.57. The molecule has 0 atom stereocenters. The van der Waals surface area contributed by atoms with Crippen molar-refractivity contribution in [1.82, 2.24) is 20.2 Å². The number of anilines is 2. The zero-order valence-electron chi connectivity index (χ0n) is 21.8. The van der Waals surface area contributed by atoms with Crippen LogP contribution in [0.4, 0.5) is 24.7 Å². The molecule has 0 aliphatic carbocycles. The first kappa shape index (κ1) is 28.2. The highest BCUT2D eigenvalue weighted by atomic mass is 19.4. The number of piperidine rings is 1. The molecule has 11 heteroatoms. The fraction of sp³-hybridized carbons (Fsp3) is 0.393. The number of carbonyl (C=O) groups is 1. The molecule has 3 aromatic rings. The quantitative estimate of drug-likeness (QED) is 0.373. The van der Waals surface area contributed by atoms with Gasteiger partial charge in [-0.05, 0) is 55.1 Å². The van der Waals surface area contributed by atoms with Crippen LogP contribution in [0.15, 0.2) is 60.9 Å². The Balaban J connectivity index is 1.34. The first-order valence-corrected chi connectivity index (χ1v) is 12.8. The predicted octanol–water partition coefficient (Wildman–Crippen LogP) is 4.07. The van der Waals surface area contributed by atoms with Gasteiger partial charge in [0.25, 0.3) is 5.91 Å². The SMILES string of the molecule is COc1ccc(N)c(CCNC2CCN(c3cc(C(=O)N(Cc4ccccc4)CC(F)(F)F)ncn3)CC2)c1. The number of methoxy groups -OCH3 is 1. The van der Waals surface area contributed by atoms with Crippen LogP contribution >= 0.6 is 0 Å². The van der Waals surface area contributed by atoms with Crippen LogP contribution in [0.5, 0.6) is 5.75 Å². The van der Waals surface area contributed by atoms with Crippen LogP contribution in [-0.4, -0.2) is 66.3 Å². The number of rotatable bonds is 10. The van der Waals surface area contributed by atoms with Gasteiger partial charge in [0.15, 0.2) is 0 Å². The van der Waals surface area contributed by atoms with Gasteiger partial charge >= 0.3 is 6.18 Å². The number of ether oxygens (including phenoxy) is 1. The summed E-state index contributed by atoms with van der Waals surface area (Å²) in [6.07, 6.45) is -0.810. The van der Waals surface area contributed by atoms with E-state index in [0.29, 0.717) is 30.5 Å². The van der Waals surface area contributed by atoms with Gasteiger partial charge in [0.05, 0.1) is 7.11 Å². The van der Waals surface area contributed by atoms with Gasteiger partial charge < -0.3 is 25.6 Å². The lowest BCUT2D eigenvalue weighted by atomic mass is 10.0. The van der Waals surface area contributed by atoms with E-state index in [1.165, 1.54) is 12.4 Å². The van der Waals surface area contributed by atoms with E-state index in [4.69, 9.17) is 10.5 Å². The normalized spacial score (nSPS) is 14.3. The highest BCUT2D eigenvalue weighted by molar-refractivity contribution is 5.93. The molecule has 1 aliphatic rings. The van der Waals surface area contributed by atoms with Crippen LogP contribution in [0.3, 0.4) is 0 Å². The van der Waals surface area contributed by atoms with Crippen molar-refractivity contribution >= 4 is 17.4 Å². The summed E-state index contributed by atoms with van der Waals surface area (Å²) >= 11 is 0. The van der Waals surface area contributed by atoms with Crippen LogP contribution in [0.25, 0.3) is 0 Å². The van der Waals surface area contributed by atoms with E-state index in [1.807, 2.05) is 23.1 Å². The number of amides is 1. The summed E-state index contributed by atoms with van der Waals surface area (Å²) in [7, 11) is 1.63. The summed E-state index contributed by atoms with van der Waals surface area (Å²) in [6, 6.07) is 16.0. The molecule has 1 aliphatic heterocycles. The third kappa shape index (κ3) is 8.06. The molecule has 1 aromatic heterocycles. The molecule has 0 saturated carbocycles. The van der Waals surface area contributed by atoms with Gasteiger partial charge in [0.2, 0.25) is 0 Å². The highest BCUT2D eigenvalue weighted by Crippen LogP contribution is 2.23. The topological polar surface area (TPSA) is 96.6 Å². The Morgan fingerprint density at radius 2 is 1.87 bits per heavy atom. The van der Waals surface area contributed by atoms with Crippen LogP contribution in [0.2, 0.25) is 0 Å². The van der Waals surface area contributed by atoms with E-state index in [1.54, 1.807) is 37.4 Å². The van der Waals surface area contributed by atoms with E-state index in [0.717, 1.165) is 47.7 Å². The van der Waals surface area contributed by atoms with Crippen molar-refractivity contribution in [2.75, 3.05) is 43.9 Å². The van der Waals surface area contributed by atoms with Gasteiger partial charge in [-0.25, -0.2) is 9.97 Å². The summed E-state index contributed by atoms with van der Waals surface area (Å²) < 4.78 is 45.1. The lowest BCUT2D eigenvalue weighted by Crippen LogP contribution is -2.43. The molecule has 39 heavy (non-hydrogen) atoms. The number of nitrogens with zero attached hydrogens (tertiary/aromatic N) is 4. The second-order valence-electron chi connectivity index (χ2n) is 9.55. The molecule has 1 saturated heterocycles. The van der Waals surface area contributed by atoms with Crippen LogP contribution < -0.4 is 20.7 Å². The Morgan fingerprint density at radius 1 is 1.13 bits per heavy atom. The summed E-state index contributed by atoms with van der Waals surface area (Å²) in [4.78, 5) is 24.2. The molecule has 4 rings (SSSR count). The Kier molecular flexibility index (Phi) is 9.23. The minimum atomic E-state index is -4.53. The van der Waals surface area contributed by atoms with E-state index in [2.05, 4.69) is 15.3 Å². The molecule has 1 amide bonds. The lowest BCUT2D eigenvalue weighted by Gasteiger charge is -2.33. The average Bonchev–Trinajstić information content (AvgIpc) is 2.93. The highest BCUT2D eigenvalue weighted by Gasteiger charge is 2.34. The Morgan fingerprint density at radius 3 is 2.56 bits per heavy atom. The van der Waals surface area contributed by atoms with Crippen molar-refractivity contribution in [1.29, 1.82) is 0 Å². The Labute approximate surface area is 226 Å². The Hall–Kier alpha value is -3.86. The summed E-state index contributed by atoms with van der Waals surface area (Å²) in [5.74, 6) is 0.521. The van der Waals surface area contributed by atoms with Crippen LogP contribution in [0.1, 0.15) is 34.5 Å². The molecule has 1 fully saturated rings. The molecule has 2 aromatic carbocycles. The van der Waals surface area contributed by atoms with Gasteiger partial charge in [-0.3, -0.25) is 4.79 Å². The number of nitrogens with one attached hydrogen (secondary N) is 1. The maximum absolute atomic E-state index is 13.3. The standard InChI is InChI=1S/C28H33F3N6O2/c1-39-23-7-8-24(32)21(15-23)9-12-33-22-10-13-36(14-11-22)26-16-25(34-19-35-26)27(38)37(18-28(29,30)31)17-20-5-3-2-4-6-20/h2-8,15-16,19,22,33H,9-14,17-18,32H2,1H3. The minimum Gasteiger partial charge on any atom is -0.497 e. The Bertz CT molecular complexity index is 1230. The first-order valence-electron chi connectivity index (χ1n) is 12.8. The smallest absolute Gasteiger partial charge is 0.406 e. The second kappa shape index (κ2) is 12.8. The zero-order valence-corrected chi connectivity index (χ0v) is 21.8. The molecule has 0 spiro atoms. The first-order chi connectivity index (χ1) is 18.7. The average molecular weight is 543 g/mol. The lowest BCUT2D eigenvalue weighted by molar-refractivity contribution is -0.141. The second-order valence-corrected chi connectivity index (χ2v) is 9.55. The predicted molar refractivity (Wildman–Crippen MR) is 144 cm³/mol. The molecule has 0 radical (unpaired) electrons. The fourth-order valence-electron chi connectivity index (χ4n) is 4.67. The van der Waals surface area contributed by atoms with Crippen molar-refractivity contribution in [2.24, 2.45) is 0 Å². The van der Waals surface area contributed by atoms with Crippen molar-refractivity contribution in [3.8, 4) is 5.75 Å². The number of alkyl halides is 3. The van der Waals surface area contributed by atoms with Gasteiger partial charge in [-0.1, -0.05) is 30.3 Å². The molecule has 3 N–H and O–H groups in total. The molecule has 2 heterocycles. The molecule has 0 bridgehead atoms. The van der Waals surface area contributed by atoms with E-state index >= 15 is 0 Å². The number of carbonyl (C=O) groups excluding carboxylic acids is 1. The largest absolute Gasteiger partial charge is 0.497 e. The van der Waals surface area contributed by atoms with Crippen LogP contribution in [-0.2, 0) is 13.0 Å². The number of nitrogen functional groups attached to an aromatic ring is 1.